The zero-order valence-electron chi connectivity index (χ0n) is 12.5. The predicted octanol–water partition coefficient (Wildman–Crippen LogP) is 2.61. The molecule has 1 N–H and O–H groups in total. The van der Waals surface area contributed by atoms with Crippen LogP contribution in [0, 0.1) is 0 Å². The first kappa shape index (κ1) is 15.6. The van der Waals surface area contributed by atoms with Crippen LogP contribution in [0.5, 0.6) is 5.75 Å². The van der Waals surface area contributed by atoms with Gasteiger partial charge in [-0.2, -0.15) is 0 Å². The summed E-state index contributed by atoms with van der Waals surface area (Å²) >= 11 is 0. The number of aliphatic imine (C=N–C) groups is 1. The molecule has 22 heavy (non-hydrogen) atoms. The van der Waals surface area contributed by atoms with Crippen LogP contribution in [0.15, 0.2) is 52.1 Å². The molecule has 0 radical (unpaired) electrons. The first-order valence-electron chi connectivity index (χ1n) is 6.88. The minimum absolute atomic E-state index is 0.159. The molecule has 1 aromatic carbocycles. The van der Waals surface area contributed by atoms with Crippen LogP contribution in [0.4, 0.5) is 0 Å². The number of methoxy groups -OCH3 is 1. The molecule has 0 aliphatic rings. The van der Waals surface area contributed by atoms with Crippen LogP contribution >= 0.6 is 0 Å². The van der Waals surface area contributed by atoms with Crippen LogP contribution in [-0.4, -0.2) is 25.6 Å². The zero-order chi connectivity index (χ0) is 15.8. The summed E-state index contributed by atoms with van der Waals surface area (Å²) in [5, 5.41) is 2.64. The van der Waals surface area contributed by atoms with Crippen LogP contribution < -0.4 is 10.1 Å². The summed E-state index contributed by atoms with van der Waals surface area (Å²) in [7, 11) is 1.55. The van der Waals surface area contributed by atoms with Gasteiger partial charge in [-0.25, -0.2) is 4.99 Å². The fourth-order valence-electron chi connectivity index (χ4n) is 1.74. The lowest BCUT2D eigenvalue weighted by Gasteiger charge is -2.09. The van der Waals surface area contributed by atoms with Crippen LogP contribution in [-0.2, 0) is 11.3 Å². The van der Waals surface area contributed by atoms with E-state index in [1.165, 1.54) is 0 Å². The van der Waals surface area contributed by atoms with Gasteiger partial charge in [0, 0.05) is 5.56 Å². The number of carbonyl (C=O) groups excluding carboxylic acids is 1. The van der Waals surface area contributed by atoms with E-state index in [1.54, 1.807) is 49.8 Å². The molecule has 2 rings (SSSR count). The summed E-state index contributed by atoms with van der Waals surface area (Å²) in [6.45, 7) is 2.51. The van der Waals surface area contributed by atoms with Crippen molar-refractivity contribution in [3.8, 4) is 5.75 Å². The van der Waals surface area contributed by atoms with Crippen molar-refractivity contribution in [3.05, 3.63) is 54.0 Å². The van der Waals surface area contributed by atoms with Gasteiger partial charge in [-0.05, 0) is 37.3 Å². The number of benzene rings is 1. The van der Waals surface area contributed by atoms with Gasteiger partial charge in [-0.1, -0.05) is 6.07 Å². The number of amidine groups is 1. The molecule has 0 aliphatic heterocycles. The number of amides is 1. The molecule has 116 valence electrons. The minimum atomic E-state index is -0.314. The smallest absolute Gasteiger partial charge is 0.292 e. The van der Waals surface area contributed by atoms with Crippen molar-refractivity contribution in [3.63, 3.8) is 0 Å². The highest BCUT2D eigenvalue weighted by Gasteiger charge is 2.10. The van der Waals surface area contributed by atoms with E-state index in [0.29, 0.717) is 30.2 Å². The summed E-state index contributed by atoms with van der Waals surface area (Å²) in [6.07, 6.45) is 1.57. The topological polar surface area (TPSA) is 73.1 Å². The number of hydrogen-bond donors (Lipinski definition) is 1. The monoisotopic (exact) mass is 302 g/mol. The Hall–Kier alpha value is -2.76. The second-order valence-corrected chi connectivity index (χ2v) is 4.32. The maximum atomic E-state index is 12.2. The van der Waals surface area contributed by atoms with Gasteiger partial charge in [0.15, 0.2) is 0 Å². The molecule has 0 unspecified atom stereocenters. The Morgan fingerprint density at radius 1 is 1.32 bits per heavy atom. The molecule has 0 fully saturated rings. The Morgan fingerprint density at radius 3 is 2.86 bits per heavy atom. The highest BCUT2D eigenvalue weighted by Crippen LogP contribution is 2.12. The Labute approximate surface area is 128 Å². The van der Waals surface area contributed by atoms with Crippen molar-refractivity contribution in [2.24, 2.45) is 4.99 Å². The number of carbonyl (C=O) groups is 1. The average molecular weight is 302 g/mol. The molecule has 2 aromatic rings. The van der Waals surface area contributed by atoms with E-state index in [4.69, 9.17) is 13.9 Å². The molecule has 0 saturated carbocycles. The van der Waals surface area contributed by atoms with Crippen molar-refractivity contribution in [2.45, 2.75) is 13.5 Å². The summed E-state index contributed by atoms with van der Waals surface area (Å²) in [4.78, 5) is 16.4. The van der Waals surface area contributed by atoms with E-state index >= 15 is 0 Å². The number of rotatable bonds is 5. The molecule has 0 aliphatic carbocycles. The largest absolute Gasteiger partial charge is 0.497 e. The van der Waals surface area contributed by atoms with Crippen LogP contribution in [0.3, 0.4) is 0 Å². The Morgan fingerprint density at radius 2 is 2.18 bits per heavy atom. The van der Waals surface area contributed by atoms with Crippen molar-refractivity contribution >= 4 is 11.9 Å². The van der Waals surface area contributed by atoms with Crippen molar-refractivity contribution in [2.75, 3.05) is 13.7 Å². The number of nitrogens with zero attached hydrogens (tertiary/aromatic N) is 1. The van der Waals surface area contributed by atoms with E-state index < -0.39 is 0 Å². The van der Waals surface area contributed by atoms with Gasteiger partial charge in [0.05, 0.1) is 20.0 Å². The Bertz CT molecular complexity index is 635. The maximum absolute atomic E-state index is 12.2. The minimum Gasteiger partial charge on any atom is -0.497 e. The number of furan rings is 1. The third kappa shape index (κ3) is 4.37. The predicted molar refractivity (Wildman–Crippen MR) is 81.9 cm³/mol. The highest BCUT2D eigenvalue weighted by molar-refractivity contribution is 6.04. The lowest BCUT2D eigenvalue weighted by Crippen LogP contribution is -2.32. The quantitative estimate of drug-likeness (QED) is 0.680. The molecular formula is C16H18N2O4. The third-order valence-electron chi connectivity index (χ3n) is 2.79. The molecule has 1 amide bonds. The van der Waals surface area contributed by atoms with Crippen molar-refractivity contribution in [1.29, 1.82) is 0 Å². The first-order chi connectivity index (χ1) is 10.7. The van der Waals surface area contributed by atoms with Gasteiger partial charge in [-0.15, -0.1) is 0 Å². The molecule has 0 bridgehead atoms. The van der Waals surface area contributed by atoms with Gasteiger partial charge in [-0.3, -0.25) is 10.1 Å². The maximum Gasteiger partial charge on any atom is 0.292 e. The zero-order valence-corrected chi connectivity index (χ0v) is 12.5. The molecule has 0 atom stereocenters. The second-order valence-electron chi connectivity index (χ2n) is 4.32. The Kier molecular flexibility index (Phi) is 5.59. The molecule has 1 heterocycles. The fraction of sp³-hybridized carbons (Fsp3) is 0.250. The SMILES string of the molecule is CCOC(=NCc1ccco1)NC(=O)c1cccc(OC)c1. The van der Waals surface area contributed by atoms with E-state index in [-0.39, 0.29) is 11.9 Å². The molecule has 1 aromatic heterocycles. The second kappa shape index (κ2) is 7.87. The fourth-order valence-corrected chi connectivity index (χ4v) is 1.74. The van der Waals surface area contributed by atoms with Gasteiger partial charge in [0.25, 0.3) is 11.9 Å². The van der Waals surface area contributed by atoms with Crippen molar-refractivity contribution < 1.29 is 18.7 Å². The van der Waals surface area contributed by atoms with Crippen LogP contribution in [0.1, 0.15) is 23.0 Å². The molecule has 0 spiro atoms. The number of ether oxygens (including phenoxy) is 2. The normalized spacial score (nSPS) is 11.1. The van der Waals surface area contributed by atoms with E-state index in [9.17, 15) is 4.79 Å². The molecule has 0 saturated heterocycles. The van der Waals surface area contributed by atoms with Gasteiger partial charge in [0.1, 0.15) is 18.1 Å². The highest BCUT2D eigenvalue weighted by atomic mass is 16.5. The van der Waals surface area contributed by atoms with E-state index in [2.05, 4.69) is 10.3 Å². The average Bonchev–Trinajstić information content (AvgIpc) is 3.06. The number of hydrogen-bond acceptors (Lipinski definition) is 5. The van der Waals surface area contributed by atoms with Gasteiger partial charge < -0.3 is 13.9 Å². The molecular weight excluding hydrogens is 284 g/mol. The first-order valence-corrected chi connectivity index (χ1v) is 6.88. The summed E-state index contributed by atoms with van der Waals surface area (Å²) in [6, 6.07) is 10.6. The summed E-state index contributed by atoms with van der Waals surface area (Å²) < 4.78 is 15.6. The molecule has 6 nitrogen and oxygen atoms in total. The third-order valence-corrected chi connectivity index (χ3v) is 2.79. The van der Waals surface area contributed by atoms with Gasteiger partial charge in [0.2, 0.25) is 0 Å². The van der Waals surface area contributed by atoms with Gasteiger partial charge >= 0.3 is 0 Å². The number of nitrogens with one attached hydrogen (secondary N) is 1. The Balaban J connectivity index is 2.05. The lowest BCUT2D eigenvalue weighted by molar-refractivity contribution is 0.0965. The summed E-state index contributed by atoms with van der Waals surface area (Å²) in [5.74, 6) is 0.983. The lowest BCUT2D eigenvalue weighted by atomic mass is 10.2. The summed E-state index contributed by atoms with van der Waals surface area (Å²) in [5.41, 5.74) is 0.463. The van der Waals surface area contributed by atoms with E-state index in [0.717, 1.165) is 0 Å². The van der Waals surface area contributed by atoms with Crippen molar-refractivity contribution in [1.82, 2.24) is 5.32 Å². The van der Waals surface area contributed by atoms with Crippen LogP contribution in [0.25, 0.3) is 0 Å². The standard InChI is InChI=1S/C16H18N2O4/c1-3-21-16(17-11-14-8-5-9-22-14)18-15(19)12-6-4-7-13(10-12)20-2/h4-10H,3,11H2,1-2H3,(H,17,18,19). The molecule has 6 heteroatoms. The van der Waals surface area contributed by atoms with Crippen LogP contribution in [0.2, 0.25) is 0 Å². The van der Waals surface area contributed by atoms with E-state index in [1.807, 2.05) is 6.92 Å².